The molecule has 0 aromatic heterocycles. The minimum atomic E-state index is -0.264. The number of hydrogen-bond acceptors (Lipinski definition) is 4. The van der Waals surface area contributed by atoms with E-state index in [-0.39, 0.29) is 12.1 Å². The second-order valence-corrected chi connectivity index (χ2v) is 6.46. The fourth-order valence-electron chi connectivity index (χ4n) is 3.21. The molecule has 0 spiro atoms. The monoisotopic (exact) mass is 320 g/mol. The van der Waals surface area contributed by atoms with Crippen molar-refractivity contribution in [2.45, 2.75) is 45.8 Å². The van der Waals surface area contributed by atoms with Crippen molar-refractivity contribution >= 4 is 5.69 Å². The van der Waals surface area contributed by atoms with E-state index in [0.717, 1.165) is 39.1 Å². The van der Waals surface area contributed by atoms with E-state index < -0.39 is 0 Å². The van der Waals surface area contributed by atoms with Crippen LogP contribution in [0.2, 0.25) is 0 Å². The molecule has 23 heavy (non-hydrogen) atoms. The summed E-state index contributed by atoms with van der Waals surface area (Å²) >= 11 is 0. The smallest absolute Gasteiger partial charge is 0.0692 e. The van der Waals surface area contributed by atoms with Gasteiger partial charge in [0.2, 0.25) is 0 Å². The van der Waals surface area contributed by atoms with Gasteiger partial charge in [-0.1, -0.05) is 38.8 Å². The Balaban J connectivity index is 1.86. The molecule has 1 aromatic carbocycles. The summed E-state index contributed by atoms with van der Waals surface area (Å²) in [5.41, 5.74) is 2.53. The molecule has 0 aliphatic carbocycles. The van der Waals surface area contributed by atoms with Gasteiger partial charge in [0.15, 0.2) is 0 Å². The van der Waals surface area contributed by atoms with E-state index in [1.165, 1.54) is 11.3 Å². The van der Waals surface area contributed by atoms with Crippen LogP contribution in [0.25, 0.3) is 0 Å². The quantitative estimate of drug-likeness (QED) is 0.773. The molecular formula is C19H32N2O2. The number of aliphatic hydroxyl groups excluding tert-OH is 1. The molecule has 1 aliphatic heterocycles. The van der Waals surface area contributed by atoms with E-state index in [1.54, 1.807) is 0 Å². The van der Waals surface area contributed by atoms with Crippen LogP contribution >= 0.6 is 0 Å². The molecule has 2 atom stereocenters. The highest BCUT2D eigenvalue weighted by atomic mass is 16.5. The van der Waals surface area contributed by atoms with Crippen LogP contribution in [0.5, 0.6) is 0 Å². The first-order valence-electron chi connectivity index (χ1n) is 8.99. The Bertz CT molecular complexity index is 439. The molecule has 0 amide bonds. The average Bonchev–Trinajstić information content (AvgIpc) is 2.61. The summed E-state index contributed by atoms with van der Waals surface area (Å²) in [5.74, 6) is 0.387. The van der Waals surface area contributed by atoms with Gasteiger partial charge in [0.05, 0.1) is 19.3 Å². The van der Waals surface area contributed by atoms with Crippen LogP contribution in [0.4, 0.5) is 5.69 Å². The average molecular weight is 320 g/mol. The molecule has 1 saturated heterocycles. The van der Waals surface area contributed by atoms with Gasteiger partial charge in [-0.15, -0.1) is 0 Å². The van der Waals surface area contributed by atoms with Gasteiger partial charge in [-0.3, -0.25) is 0 Å². The predicted octanol–water partition coefficient (Wildman–Crippen LogP) is 2.97. The summed E-state index contributed by atoms with van der Waals surface area (Å²) in [6.07, 6.45) is 1.80. The molecule has 0 radical (unpaired) electrons. The van der Waals surface area contributed by atoms with Crippen molar-refractivity contribution in [3.05, 3.63) is 29.8 Å². The fourth-order valence-corrected chi connectivity index (χ4v) is 3.21. The normalized spacial score (nSPS) is 18.2. The molecule has 0 bridgehead atoms. The summed E-state index contributed by atoms with van der Waals surface area (Å²) < 4.78 is 5.40. The third-order valence-corrected chi connectivity index (χ3v) is 5.00. The topological polar surface area (TPSA) is 44.7 Å². The molecule has 1 heterocycles. The van der Waals surface area contributed by atoms with Gasteiger partial charge in [0.1, 0.15) is 0 Å². The van der Waals surface area contributed by atoms with Crippen LogP contribution < -0.4 is 10.2 Å². The van der Waals surface area contributed by atoms with Crippen molar-refractivity contribution in [2.75, 3.05) is 37.7 Å². The lowest BCUT2D eigenvalue weighted by Gasteiger charge is -2.29. The molecule has 1 fully saturated rings. The maximum Gasteiger partial charge on any atom is 0.0692 e. The highest BCUT2D eigenvalue weighted by Gasteiger charge is 2.17. The van der Waals surface area contributed by atoms with E-state index >= 15 is 0 Å². The van der Waals surface area contributed by atoms with Gasteiger partial charge in [0.25, 0.3) is 0 Å². The minimum absolute atomic E-state index is 0.248. The molecule has 4 nitrogen and oxygen atoms in total. The molecular weight excluding hydrogens is 288 g/mol. The molecule has 2 unspecified atom stereocenters. The Kier molecular flexibility index (Phi) is 7.34. The van der Waals surface area contributed by atoms with Gasteiger partial charge in [-0.05, 0) is 30.5 Å². The lowest BCUT2D eigenvalue weighted by atomic mass is 9.96. The third-order valence-electron chi connectivity index (χ3n) is 5.00. The number of nitrogens with zero attached hydrogens (tertiary/aromatic N) is 1. The summed E-state index contributed by atoms with van der Waals surface area (Å²) in [6.45, 7) is 10.7. The second kappa shape index (κ2) is 9.26. The number of aliphatic hydroxyl groups is 1. The Morgan fingerprint density at radius 1 is 1.13 bits per heavy atom. The van der Waals surface area contributed by atoms with Gasteiger partial charge in [-0.25, -0.2) is 0 Å². The maximum absolute atomic E-state index is 10.2. The zero-order chi connectivity index (χ0) is 16.7. The second-order valence-electron chi connectivity index (χ2n) is 6.46. The number of anilines is 1. The fraction of sp³-hybridized carbons (Fsp3) is 0.684. The first kappa shape index (κ1) is 18.2. The van der Waals surface area contributed by atoms with Crippen molar-refractivity contribution in [2.24, 2.45) is 5.92 Å². The highest BCUT2D eigenvalue weighted by molar-refractivity contribution is 5.48. The Labute approximate surface area is 140 Å². The van der Waals surface area contributed by atoms with Crippen molar-refractivity contribution in [3.63, 3.8) is 0 Å². The van der Waals surface area contributed by atoms with E-state index in [2.05, 4.69) is 55.3 Å². The zero-order valence-corrected chi connectivity index (χ0v) is 14.8. The summed E-state index contributed by atoms with van der Waals surface area (Å²) in [5, 5.41) is 13.7. The van der Waals surface area contributed by atoms with Crippen LogP contribution in [0.3, 0.4) is 0 Å². The predicted molar refractivity (Wildman–Crippen MR) is 96.0 cm³/mol. The molecule has 1 aliphatic rings. The highest BCUT2D eigenvalue weighted by Crippen LogP contribution is 2.20. The van der Waals surface area contributed by atoms with Crippen LogP contribution in [-0.2, 0) is 4.74 Å². The number of hydrogen-bond donors (Lipinski definition) is 2. The lowest BCUT2D eigenvalue weighted by Crippen LogP contribution is -2.36. The SMILES string of the molecule is CCC(CC)C(O)CNC(C)c1ccc(N2CCOCC2)cc1. The largest absolute Gasteiger partial charge is 0.392 e. The molecule has 2 rings (SSSR count). The number of morpholine rings is 1. The first-order chi connectivity index (χ1) is 11.2. The zero-order valence-electron chi connectivity index (χ0n) is 14.8. The van der Waals surface area contributed by atoms with E-state index in [0.29, 0.717) is 12.5 Å². The summed E-state index contributed by atoms with van der Waals surface area (Å²) in [4.78, 5) is 2.36. The molecule has 1 aromatic rings. The summed E-state index contributed by atoms with van der Waals surface area (Å²) in [7, 11) is 0. The number of rotatable bonds is 8. The Morgan fingerprint density at radius 3 is 2.30 bits per heavy atom. The van der Waals surface area contributed by atoms with Crippen LogP contribution in [0, 0.1) is 5.92 Å². The van der Waals surface area contributed by atoms with E-state index in [9.17, 15) is 5.11 Å². The van der Waals surface area contributed by atoms with Gasteiger partial charge >= 0.3 is 0 Å². The molecule has 0 saturated carbocycles. The molecule has 130 valence electrons. The Morgan fingerprint density at radius 2 is 1.74 bits per heavy atom. The van der Waals surface area contributed by atoms with Crippen LogP contribution in [-0.4, -0.2) is 44.1 Å². The lowest BCUT2D eigenvalue weighted by molar-refractivity contribution is 0.0989. The van der Waals surface area contributed by atoms with Crippen molar-refractivity contribution in [1.29, 1.82) is 0 Å². The minimum Gasteiger partial charge on any atom is -0.392 e. The van der Waals surface area contributed by atoms with Gasteiger partial charge in [-0.2, -0.15) is 0 Å². The van der Waals surface area contributed by atoms with Crippen LogP contribution in [0.15, 0.2) is 24.3 Å². The summed E-state index contributed by atoms with van der Waals surface area (Å²) in [6, 6.07) is 9.00. The number of ether oxygens (including phenoxy) is 1. The standard InChI is InChI=1S/C19H32N2O2/c1-4-16(5-2)19(22)14-20-15(3)17-6-8-18(9-7-17)21-10-12-23-13-11-21/h6-9,15-16,19-20,22H,4-5,10-14H2,1-3H3. The maximum atomic E-state index is 10.2. The third kappa shape index (κ3) is 5.20. The molecule has 2 N–H and O–H groups in total. The van der Waals surface area contributed by atoms with Crippen LogP contribution in [0.1, 0.15) is 45.2 Å². The van der Waals surface area contributed by atoms with Crippen molar-refractivity contribution in [3.8, 4) is 0 Å². The van der Waals surface area contributed by atoms with Crippen molar-refractivity contribution < 1.29 is 9.84 Å². The Hall–Kier alpha value is -1.10. The number of benzene rings is 1. The van der Waals surface area contributed by atoms with Crippen molar-refractivity contribution in [1.82, 2.24) is 5.32 Å². The van der Waals surface area contributed by atoms with Gasteiger partial charge in [0, 0.05) is 31.4 Å². The van der Waals surface area contributed by atoms with E-state index in [4.69, 9.17) is 4.74 Å². The first-order valence-corrected chi connectivity index (χ1v) is 8.99. The number of nitrogens with one attached hydrogen (secondary N) is 1. The molecule has 4 heteroatoms. The van der Waals surface area contributed by atoms with E-state index in [1.807, 2.05) is 0 Å². The van der Waals surface area contributed by atoms with Gasteiger partial charge < -0.3 is 20.1 Å².